The molecule has 1 aliphatic heterocycles. The maximum Gasteiger partial charge on any atom is 0.272 e. The Morgan fingerprint density at radius 3 is 2.60 bits per heavy atom. The minimum Gasteiger partial charge on any atom is -0.378 e. The summed E-state index contributed by atoms with van der Waals surface area (Å²) in [6, 6.07) is 15.9. The Kier molecular flexibility index (Phi) is 4.15. The van der Waals surface area contributed by atoms with Crippen molar-refractivity contribution >= 4 is 28.2 Å². The molecule has 0 bridgehead atoms. The van der Waals surface area contributed by atoms with Gasteiger partial charge in [-0.2, -0.15) is 0 Å². The lowest BCUT2D eigenvalue weighted by atomic mass is 10.1. The zero-order valence-electron chi connectivity index (χ0n) is 14.2. The number of morpholine rings is 1. The number of hydrogen-bond acceptors (Lipinski definition) is 3. The van der Waals surface area contributed by atoms with Crippen LogP contribution in [0.5, 0.6) is 0 Å². The summed E-state index contributed by atoms with van der Waals surface area (Å²) >= 11 is 0. The molecule has 4 rings (SSSR count). The second-order valence-electron chi connectivity index (χ2n) is 6.24. The molecule has 2 aromatic carbocycles. The zero-order valence-corrected chi connectivity index (χ0v) is 14.2. The fourth-order valence-corrected chi connectivity index (χ4v) is 3.35. The van der Waals surface area contributed by atoms with Crippen LogP contribution in [-0.2, 0) is 4.74 Å². The molecule has 128 valence electrons. The summed E-state index contributed by atoms with van der Waals surface area (Å²) in [6.45, 7) is 5.06. The lowest BCUT2D eigenvalue weighted by Gasteiger charge is -2.30. The number of carbonyl (C=O) groups excluding carboxylic acids is 1. The van der Waals surface area contributed by atoms with Crippen LogP contribution in [0.15, 0.2) is 48.5 Å². The zero-order chi connectivity index (χ0) is 17.2. The highest BCUT2D eigenvalue weighted by molar-refractivity contribution is 6.09. The summed E-state index contributed by atoms with van der Waals surface area (Å²) in [5, 5.41) is 4.15. The number of nitrogens with one attached hydrogen (secondary N) is 2. The Hall–Kier alpha value is -2.79. The molecule has 0 saturated carbocycles. The molecule has 1 fully saturated rings. The smallest absolute Gasteiger partial charge is 0.272 e. The van der Waals surface area contributed by atoms with Crippen molar-refractivity contribution in [2.75, 3.05) is 36.5 Å². The summed E-state index contributed by atoms with van der Waals surface area (Å²) < 4.78 is 5.43. The summed E-state index contributed by atoms with van der Waals surface area (Å²) in [5.74, 6) is -0.116. The quantitative estimate of drug-likeness (QED) is 0.769. The standard InChI is InChI=1S/C20H21N3O2/c1-14-15-6-2-3-7-16(15)21-19(14)20(24)22-17-8-4-5-9-18(17)23-10-12-25-13-11-23/h2-9,21H,10-13H2,1H3,(H,22,24). The van der Waals surface area contributed by atoms with E-state index in [4.69, 9.17) is 4.74 Å². The highest BCUT2D eigenvalue weighted by atomic mass is 16.5. The first kappa shape index (κ1) is 15.7. The molecule has 1 amide bonds. The largest absolute Gasteiger partial charge is 0.378 e. The molecule has 5 nitrogen and oxygen atoms in total. The Balaban J connectivity index is 1.63. The van der Waals surface area contributed by atoms with E-state index in [1.807, 2.05) is 55.5 Å². The molecule has 2 heterocycles. The number of amides is 1. The normalized spacial score (nSPS) is 14.7. The maximum atomic E-state index is 12.9. The van der Waals surface area contributed by atoms with E-state index < -0.39 is 0 Å². The van der Waals surface area contributed by atoms with Crippen molar-refractivity contribution in [3.05, 3.63) is 59.8 Å². The highest BCUT2D eigenvalue weighted by Crippen LogP contribution is 2.28. The minimum atomic E-state index is -0.116. The van der Waals surface area contributed by atoms with Gasteiger partial charge in [-0.25, -0.2) is 0 Å². The van der Waals surface area contributed by atoms with Gasteiger partial charge < -0.3 is 19.9 Å². The number of aromatic amines is 1. The van der Waals surface area contributed by atoms with Crippen LogP contribution in [-0.4, -0.2) is 37.2 Å². The molecule has 25 heavy (non-hydrogen) atoms. The van der Waals surface area contributed by atoms with Crippen LogP contribution in [0.25, 0.3) is 10.9 Å². The number of H-pyrrole nitrogens is 1. The van der Waals surface area contributed by atoms with Gasteiger partial charge in [0.1, 0.15) is 5.69 Å². The van der Waals surface area contributed by atoms with Crippen LogP contribution >= 0.6 is 0 Å². The molecule has 1 saturated heterocycles. The van der Waals surface area contributed by atoms with Gasteiger partial charge in [-0.1, -0.05) is 30.3 Å². The number of ether oxygens (including phenoxy) is 1. The third-order valence-corrected chi connectivity index (χ3v) is 4.70. The third-order valence-electron chi connectivity index (χ3n) is 4.70. The fraction of sp³-hybridized carbons (Fsp3) is 0.250. The predicted octanol–water partition coefficient (Wildman–Crippen LogP) is 3.57. The molecular formula is C20H21N3O2. The summed E-state index contributed by atoms with van der Waals surface area (Å²) in [4.78, 5) is 18.3. The molecule has 5 heteroatoms. The number of benzene rings is 2. The van der Waals surface area contributed by atoms with Crippen LogP contribution in [0.1, 0.15) is 16.1 Å². The van der Waals surface area contributed by atoms with Crippen molar-refractivity contribution < 1.29 is 9.53 Å². The number of rotatable bonds is 3. The van der Waals surface area contributed by atoms with E-state index in [-0.39, 0.29) is 5.91 Å². The van der Waals surface area contributed by atoms with Gasteiger partial charge in [-0.05, 0) is 30.7 Å². The van der Waals surface area contributed by atoms with E-state index in [9.17, 15) is 4.79 Å². The first-order chi connectivity index (χ1) is 12.2. The molecule has 1 aromatic heterocycles. The van der Waals surface area contributed by atoms with Crippen LogP contribution in [0.3, 0.4) is 0 Å². The molecule has 0 spiro atoms. The van der Waals surface area contributed by atoms with E-state index >= 15 is 0 Å². The van der Waals surface area contributed by atoms with E-state index in [0.29, 0.717) is 18.9 Å². The van der Waals surface area contributed by atoms with Gasteiger partial charge >= 0.3 is 0 Å². The van der Waals surface area contributed by atoms with Gasteiger partial charge in [0.15, 0.2) is 0 Å². The minimum absolute atomic E-state index is 0.116. The second kappa shape index (κ2) is 6.61. The number of para-hydroxylation sites is 3. The van der Waals surface area contributed by atoms with Crippen molar-refractivity contribution in [1.82, 2.24) is 4.98 Å². The number of fused-ring (bicyclic) bond motifs is 1. The van der Waals surface area contributed by atoms with Gasteiger partial charge in [0.05, 0.1) is 24.6 Å². The molecule has 2 N–H and O–H groups in total. The van der Waals surface area contributed by atoms with E-state index in [2.05, 4.69) is 15.2 Å². The number of aromatic nitrogens is 1. The summed E-state index contributed by atoms with van der Waals surface area (Å²) in [6.07, 6.45) is 0. The van der Waals surface area contributed by atoms with Crippen molar-refractivity contribution in [2.24, 2.45) is 0 Å². The van der Waals surface area contributed by atoms with Gasteiger partial charge in [0.2, 0.25) is 0 Å². The monoisotopic (exact) mass is 335 g/mol. The molecule has 0 unspecified atom stereocenters. The van der Waals surface area contributed by atoms with Crippen molar-refractivity contribution in [1.29, 1.82) is 0 Å². The number of carbonyl (C=O) groups is 1. The SMILES string of the molecule is Cc1c(C(=O)Nc2ccccc2N2CCOCC2)[nH]c2ccccc12. The van der Waals surface area contributed by atoms with E-state index in [0.717, 1.165) is 40.9 Å². The Morgan fingerprint density at radius 1 is 1.08 bits per heavy atom. The molecule has 1 aliphatic rings. The van der Waals surface area contributed by atoms with Crippen LogP contribution in [0.4, 0.5) is 11.4 Å². The number of nitrogens with zero attached hydrogens (tertiary/aromatic N) is 1. The Morgan fingerprint density at radius 2 is 1.80 bits per heavy atom. The summed E-state index contributed by atoms with van der Waals surface area (Å²) in [5.41, 5.74) is 4.42. The van der Waals surface area contributed by atoms with Crippen molar-refractivity contribution in [3.63, 3.8) is 0 Å². The molecule has 0 radical (unpaired) electrons. The van der Waals surface area contributed by atoms with Gasteiger partial charge in [0, 0.05) is 24.0 Å². The Bertz CT molecular complexity index is 910. The topological polar surface area (TPSA) is 57.4 Å². The first-order valence-corrected chi connectivity index (χ1v) is 8.54. The predicted molar refractivity (Wildman–Crippen MR) is 100 cm³/mol. The average molecular weight is 335 g/mol. The molecule has 3 aromatic rings. The average Bonchev–Trinajstić information content (AvgIpc) is 3.00. The van der Waals surface area contributed by atoms with E-state index in [1.165, 1.54) is 0 Å². The third kappa shape index (κ3) is 2.98. The van der Waals surface area contributed by atoms with Crippen LogP contribution in [0, 0.1) is 6.92 Å². The number of hydrogen-bond donors (Lipinski definition) is 2. The first-order valence-electron chi connectivity index (χ1n) is 8.54. The number of aryl methyl sites for hydroxylation is 1. The Labute approximate surface area is 146 Å². The van der Waals surface area contributed by atoms with Crippen molar-refractivity contribution in [2.45, 2.75) is 6.92 Å². The van der Waals surface area contributed by atoms with E-state index in [1.54, 1.807) is 0 Å². The fourth-order valence-electron chi connectivity index (χ4n) is 3.35. The van der Waals surface area contributed by atoms with Crippen LogP contribution in [0.2, 0.25) is 0 Å². The maximum absolute atomic E-state index is 12.9. The molecular weight excluding hydrogens is 314 g/mol. The second-order valence-corrected chi connectivity index (χ2v) is 6.24. The van der Waals surface area contributed by atoms with Crippen molar-refractivity contribution in [3.8, 4) is 0 Å². The van der Waals surface area contributed by atoms with Gasteiger partial charge in [0.25, 0.3) is 5.91 Å². The lowest BCUT2D eigenvalue weighted by Crippen LogP contribution is -2.36. The van der Waals surface area contributed by atoms with Gasteiger partial charge in [-0.15, -0.1) is 0 Å². The molecule has 0 atom stereocenters. The highest BCUT2D eigenvalue weighted by Gasteiger charge is 2.18. The number of anilines is 2. The van der Waals surface area contributed by atoms with Gasteiger partial charge in [-0.3, -0.25) is 4.79 Å². The summed E-state index contributed by atoms with van der Waals surface area (Å²) in [7, 11) is 0. The molecule has 0 aliphatic carbocycles. The lowest BCUT2D eigenvalue weighted by molar-refractivity contribution is 0.102. The van der Waals surface area contributed by atoms with Crippen LogP contribution < -0.4 is 10.2 Å².